The van der Waals surface area contributed by atoms with Gasteiger partial charge in [0, 0.05) is 13.0 Å². The van der Waals surface area contributed by atoms with Crippen LogP contribution in [0, 0.1) is 6.92 Å². The molecule has 1 rings (SSSR count). The van der Waals surface area contributed by atoms with E-state index in [-0.39, 0.29) is 5.78 Å². The molecule has 0 radical (unpaired) electrons. The summed E-state index contributed by atoms with van der Waals surface area (Å²) in [5, 5.41) is 4.19. The van der Waals surface area contributed by atoms with Crippen LogP contribution in [0.5, 0.6) is 0 Å². The smallest absolute Gasteiger partial charge is 0.180 e. The molecule has 0 aliphatic rings. The molecule has 0 bridgehead atoms. The van der Waals surface area contributed by atoms with Crippen molar-refractivity contribution in [1.82, 2.24) is 9.78 Å². The average Bonchev–Trinajstić information content (AvgIpc) is 2.45. The van der Waals surface area contributed by atoms with Gasteiger partial charge in [-0.15, -0.1) is 0 Å². The summed E-state index contributed by atoms with van der Waals surface area (Å²) >= 11 is 0. The van der Waals surface area contributed by atoms with Crippen LogP contribution in [0.2, 0.25) is 0 Å². The normalized spacial score (nSPS) is 10.2. The molecule has 0 aliphatic carbocycles. The molecule has 0 atom stereocenters. The van der Waals surface area contributed by atoms with Crippen LogP contribution in [0.25, 0.3) is 0 Å². The molecule has 3 heteroatoms. The van der Waals surface area contributed by atoms with Crippen LogP contribution >= 0.6 is 0 Å². The Labute approximate surface area is 72.4 Å². The maximum absolute atomic E-state index is 11.3. The Balaban J connectivity index is 3.04. The molecular formula is C9H14N2O. The van der Waals surface area contributed by atoms with Crippen molar-refractivity contribution in [2.24, 2.45) is 0 Å². The van der Waals surface area contributed by atoms with Gasteiger partial charge in [0.15, 0.2) is 5.78 Å². The summed E-state index contributed by atoms with van der Waals surface area (Å²) in [6.45, 7) is 6.51. The molecule has 0 unspecified atom stereocenters. The molecule has 1 heterocycles. The van der Waals surface area contributed by atoms with Crippen LogP contribution in [-0.4, -0.2) is 15.6 Å². The molecule has 3 nitrogen and oxygen atoms in total. The third-order valence-electron chi connectivity index (χ3n) is 1.81. The maximum atomic E-state index is 11.3. The van der Waals surface area contributed by atoms with Gasteiger partial charge in [-0.1, -0.05) is 6.92 Å². The zero-order chi connectivity index (χ0) is 9.14. The fourth-order valence-corrected chi connectivity index (χ4v) is 1.19. The van der Waals surface area contributed by atoms with Crippen LogP contribution in [0.1, 0.15) is 36.5 Å². The summed E-state index contributed by atoms with van der Waals surface area (Å²) in [6.07, 6.45) is 0.547. The van der Waals surface area contributed by atoms with Crippen molar-refractivity contribution in [2.45, 2.75) is 33.7 Å². The number of ketones is 1. The number of aromatic nitrogens is 2. The third kappa shape index (κ3) is 1.55. The Morgan fingerprint density at radius 2 is 2.25 bits per heavy atom. The lowest BCUT2D eigenvalue weighted by molar-refractivity contribution is 0.0978. The van der Waals surface area contributed by atoms with Gasteiger partial charge in [0.1, 0.15) is 5.69 Å². The second-order valence-corrected chi connectivity index (χ2v) is 2.76. The van der Waals surface area contributed by atoms with Crippen molar-refractivity contribution >= 4 is 5.78 Å². The Kier molecular flexibility index (Phi) is 2.63. The Bertz CT molecular complexity index is 289. The monoisotopic (exact) mass is 166 g/mol. The largest absolute Gasteiger partial charge is 0.292 e. The first-order valence-electron chi connectivity index (χ1n) is 4.26. The third-order valence-corrected chi connectivity index (χ3v) is 1.81. The van der Waals surface area contributed by atoms with Crippen LogP contribution in [0.15, 0.2) is 6.07 Å². The summed E-state index contributed by atoms with van der Waals surface area (Å²) in [6, 6.07) is 1.84. The maximum Gasteiger partial charge on any atom is 0.180 e. The van der Waals surface area contributed by atoms with Crippen molar-refractivity contribution in [2.75, 3.05) is 0 Å². The molecule has 1 aromatic rings. The Morgan fingerprint density at radius 1 is 1.58 bits per heavy atom. The highest BCUT2D eigenvalue weighted by Crippen LogP contribution is 2.06. The lowest BCUT2D eigenvalue weighted by Crippen LogP contribution is -2.08. The molecule has 12 heavy (non-hydrogen) atoms. The number of rotatable bonds is 3. The topological polar surface area (TPSA) is 34.9 Å². The van der Waals surface area contributed by atoms with E-state index < -0.39 is 0 Å². The predicted molar refractivity (Wildman–Crippen MR) is 47.3 cm³/mol. The van der Waals surface area contributed by atoms with Gasteiger partial charge in [-0.2, -0.15) is 5.10 Å². The zero-order valence-electron chi connectivity index (χ0n) is 7.79. The molecule has 0 spiro atoms. The van der Waals surface area contributed by atoms with Crippen LogP contribution in [0.4, 0.5) is 0 Å². The molecule has 0 aromatic carbocycles. The van der Waals surface area contributed by atoms with Crippen molar-refractivity contribution in [1.29, 1.82) is 0 Å². The summed E-state index contributed by atoms with van der Waals surface area (Å²) in [5.41, 5.74) is 1.64. The van der Waals surface area contributed by atoms with Crippen molar-refractivity contribution in [3.05, 3.63) is 17.5 Å². The second kappa shape index (κ2) is 3.52. The average molecular weight is 166 g/mol. The van der Waals surface area contributed by atoms with E-state index in [0.29, 0.717) is 6.42 Å². The van der Waals surface area contributed by atoms with E-state index in [9.17, 15) is 4.79 Å². The Morgan fingerprint density at radius 3 is 2.75 bits per heavy atom. The fourth-order valence-electron chi connectivity index (χ4n) is 1.19. The molecule has 0 amide bonds. The van der Waals surface area contributed by atoms with Crippen LogP contribution < -0.4 is 0 Å². The number of Topliss-reactive ketones (excluding diaryl/α,β-unsaturated/α-hetero) is 1. The minimum atomic E-state index is 0.164. The van der Waals surface area contributed by atoms with E-state index in [1.807, 2.05) is 26.8 Å². The summed E-state index contributed by atoms with van der Waals surface area (Å²) in [7, 11) is 0. The molecule has 0 saturated heterocycles. The minimum Gasteiger partial charge on any atom is -0.292 e. The summed E-state index contributed by atoms with van der Waals surface area (Å²) in [5.74, 6) is 0.164. The highest BCUT2D eigenvalue weighted by molar-refractivity contribution is 5.94. The highest BCUT2D eigenvalue weighted by Gasteiger charge is 2.09. The highest BCUT2D eigenvalue weighted by atomic mass is 16.1. The molecule has 0 N–H and O–H groups in total. The van der Waals surface area contributed by atoms with Gasteiger partial charge < -0.3 is 0 Å². The first-order chi connectivity index (χ1) is 5.69. The van der Waals surface area contributed by atoms with Crippen LogP contribution in [-0.2, 0) is 6.54 Å². The molecule has 0 aliphatic heterocycles. The number of hydrogen-bond acceptors (Lipinski definition) is 2. The molecular weight excluding hydrogens is 152 g/mol. The number of aryl methyl sites for hydroxylation is 2. The number of hydrogen-bond donors (Lipinski definition) is 0. The fraction of sp³-hybridized carbons (Fsp3) is 0.556. The van der Waals surface area contributed by atoms with E-state index in [2.05, 4.69) is 5.10 Å². The number of carbonyl (C=O) groups is 1. The van der Waals surface area contributed by atoms with E-state index in [0.717, 1.165) is 17.9 Å². The molecule has 1 aromatic heterocycles. The van der Waals surface area contributed by atoms with Gasteiger partial charge in [-0.05, 0) is 19.9 Å². The van der Waals surface area contributed by atoms with Gasteiger partial charge in [0.25, 0.3) is 0 Å². The quantitative estimate of drug-likeness (QED) is 0.642. The lowest BCUT2D eigenvalue weighted by Gasteiger charge is -2.00. The van der Waals surface area contributed by atoms with Gasteiger partial charge in [0.05, 0.1) is 5.69 Å². The zero-order valence-corrected chi connectivity index (χ0v) is 7.79. The van der Waals surface area contributed by atoms with Crippen molar-refractivity contribution in [3.63, 3.8) is 0 Å². The second-order valence-electron chi connectivity index (χ2n) is 2.76. The van der Waals surface area contributed by atoms with Crippen molar-refractivity contribution in [3.8, 4) is 0 Å². The van der Waals surface area contributed by atoms with Gasteiger partial charge >= 0.3 is 0 Å². The molecule has 0 saturated carbocycles. The SMILES string of the molecule is CCC(=O)c1cc(C)nn1CC. The minimum absolute atomic E-state index is 0.164. The number of nitrogens with zero attached hydrogens (tertiary/aromatic N) is 2. The first kappa shape index (κ1) is 8.97. The molecule has 66 valence electrons. The van der Waals surface area contributed by atoms with E-state index >= 15 is 0 Å². The standard InChI is InChI=1S/C9H14N2O/c1-4-9(12)8-6-7(3)10-11(8)5-2/h6H,4-5H2,1-3H3. The van der Waals surface area contributed by atoms with Gasteiger partial charge in [-0.25, -0.2) is 0 Å². The van der Waals surface area contributed by atoms with Crippen molar-refractivity contribution < 1.29 is 4.79 Å². The summed E-state index contributed by atoms with van der Waals surface area (Å²) in [4.78, 5) is 11.3. The van der Waals surface area contributed by atoms with Gasteiger partial charge in [-0.3, -0.25) is 9.48 Å². The van der Waals surface area contributed by atoms with E-state index in [1.54, 1.807) is 4.68 Å². The first-order valence-corrected chi connectivity index (χ1v) is 4.26. The van der Waals surface area contributed by atoms with Crippen LogP contribution in [0.3, 0.4) is 0 Å². The summed E-state index contributed by atoms with van der Waals surface area (Å²) < 4.78 is 1.75. The predicted octanol–water partition coefficient (Wildman–Crippen LogP) is 1.80. The Hall–Kier alpha value is -1.12. The number of carbonyl (C=O) groups excluding carboxylic acids is 1. The van der Waals surface area contributed by atoms with E-state index in [1.165, 1.54) is 0 Å². The lowest BCUT2D eigenvalue weighted by atomic mass is 10.2. The molecule has 0 fully saturated rings. The van der Waals surface area contributed by atoms with E-state index in [4.69, 9.17) is 0 Å². The van der Waals surface area contributed by atoms with Gasteiger partial charge in [0.2, 0.25) is 0 Å².